The molecular formula is C12H9FIN3. The lowest BCUT2D eigenvalue weighted by Gasteiger charge is -1.87. The summed E-state index contributed by atoms with van der Waals surface area (Å²) in [5.41, 5.74) is 0.386. The molecule has 0 bridgehead atoms. The first-order chi connectivity index (χ1) is 8.29. The lowest BCUT2D eigenvalue weighted by molar-refractivity contribution is 0.384. The van der Waals surface area contributed by atoms with Crippen molar-refractivity contribution in [2.75, 3.05) is 0 Å². The summed E-state index contributed by atoms with van der Waals surface area (Å²) in [5, 5.41) is 0.857. The highest BCUT2D eigenvalue weighted by atomic mass is 127. The average molecular weight is 341 g/mol. The van der Waals surface area contributed by atoms with Crippen LogP contribution in [0.2, 0.25) is 0 Å². The fourth-order valence-electron chi connectivity index (χ4n) is 1.30. The van der Waals surface area contributed by atoms with Crippen LogP contribution in [0, 0.1) is 3.57 Å². The maximum absolute atomic E-state index is 12.9. The van der Waals surface area contributed by atoms with Gasteiger partial charge in [0.15, 0.2) is 5.65 Å². The van der Waals surface area contributed by atoms with Crippen LogP contribution in [0.3, 0.4) is 0 Å². The van der Waals surface area contributed by atoms with Crippen molar-refractivity contribution in [3.05, 3.63) is 58.7 Å². The maximum atomic E-state index is 12.9. The molecule has 0 saturated carbocycles. The Labute approximate surface area is 111 Å². The second kappa shape index (κ2) is 5.72. The standard InChI is InChI=1S/C7H4FIN2.C5H5N/c8-11-4-6(9)5-2-1-3-10-7(5)11;1-2-4-6-5-3-1/h1-4H;1-5H. The topological polar surface area (TPSA) is 30.7 Å². The van der Waals surface area contributed by atoms with Gasteiger partial charge in [-0.25, -0.2) is 4.98 Å². The Balaban J connectivity index is 0.000000153. The summed E-state index contributed by atoms with van der Waals surface area (Å²) in [5.74, 6) is 0. The molecule has 3 rings (SSSR count). The number of hydrogen-bond acceptors (Lipinski definition) is 2. The first kappa shape index (κ1) is 12.0. The highest BCUT2D eigenvalue weighted by molar-refractivity contribution is 14.1. The van der Waals surface area contributed by atoms with Crippen molar-refractivity contribution < 1.29 is 4.48 Å². The molecule has 0 radical (unpaired) electrons. The zero-order chi connectivity index (χ0) is 12.1. The molecule has 0 aromatic carbocycles. The molecule has 0 saturated heterocycles. The van der Waals surface area contributed by atoms with E-state index < -0.39 is 0 Å². The van der Waals surface area contributed by atoms with Gasteiger partial charge in [0.05, 0.1) is 6.20 Å². The highest BCUT2D eigenvalue weighted by Crippen LogP contribution is 2.20. The zero-order valence-corrected chi connectivity index (χ0v) is 11.0. The maximum Gasteiger partial charge on any atom is 0.170 e. The minimum absolute atomic E-state index is 0.386. The van der Waals surface area contributed by atoms with Crippen LogP contribution in [0.4, 0.5) is 4.48 Å². The van der Waals surface area contributed by atoms with E-state index in [4.69, 9.17) is 0 Å². The van der Waals surface area contributed by atoms with E-state index >= 15 is 0 Å². The molecule has 0 amide bonds. The Morgan fingerprint density at radius 2 is 1.82 bits per heavy atom. The van der Waals surface area contributed by atoms with Crippen LogP contribution in [0.5, 0.6) is 0 Å². The van der Waals surface area contributed by atoms with Crippen LogP contribution >= 0.6 is 22.6 Å². The molecule has 5 heteroatoms. The van der Waals surface area contributed by atoms with Crippen molar-refractivity contribution in [3.63, 3.8) is 0 Å². The number of pyridine rings is 2. The zero-order valence-electron chi connectivity index (χ0n) is 8.79. The third-order valence-corrected chi connectivity index (χ3v) is 2.90. The Hall–Kier alpha value is -1.50. The van der Waals surface area contributed by atoms with E-state index in [1.807, 2.05) is 24.3 Å². The van der Waals surface area contributed by atoms with Gasteiger partial charge in [-0.1, -0.05) is 10.5 Å². The van der Waals surface area contributed by atoms with Crippen molar-refractivity contribution in [3.8, 4) is 0 Å². The first-order valence-electron chi connectivity index (χ1n) is 4.92. The molecule has 17 heavy (non-hydrogen) atoms. The fourth-order valence-corrected chi connectivity index (χ4v) is 1.96. The Kier molecular flexibility index (Phi) is 4.03. The summed E-state index contributed by atoms with van der Waals surface area (Å²) < 4.78 is 13.7. The van der Waals surface area contributed by atoms with Gasteiger partial charge in [-0.2, -0.15) is 4.79 Å². The molecule has 0 spiro atoms. The minimum atomic E-state index is 0.386. The van der Waals surface area contributed by atoms with Crippen molar-refractivity contribution in [1.82, 2.24) is 14.8 Å². The third kappa shape index (κ3) is 3.00. The van der Waals surface area contributed by atoms with Gasteiger partial charge in [0, 0.05) is 27.5 Å². The second-order valence-electron chi connectivity index (χ2n) is 3.19. The number of hydrogen-bond donors (Lipinski definition) is 0. The summed E-state index contributed by atoms with van der Waals surface area (Å²) in [6, 6.07) is 9.36. The van der Waals surface area contributed by atoms with Gasteiger partial charge in [-0.3, -0.25) is 4.98 Å². The van der Waals surface area contributed by atoms with Gasteiger partial charge >= 0.3 is 0 Å². The quantitative estimate of drug-likeness (QED) is 0.587. The number of nitrogens with zero attached hydrogens (tertiary/aromatic N) is 3. The summed E-state index contributed by atoms with van der Waals surface area (Å²) in [7, 11) is 0. The third-order valence-electron chi connectivity index (χ3n) is 2.04. The number of fused-ring (bicyclic) bond motifs is 1. The molecule has 0 aliphatic carbocycles. The van der Waals surface area contributed by atoms with Gasteiger partial charge < -0.3 is 0 Å². The lowest BCUT2D eigenvalue weighted by atomic mass is 10.3. The van der Waals surface area contributed by atoms with Gasteiger partial charge in [0.1, 0.15) is 0 Å². The predicted octanol–water partition coefficient (Wildman–Crippen LogP) is 3.46. The molecule has 3 nitrogen and oxygen atoms in total. The van der Waals surface area contributed by atoms with E-state index in [1.165, 1.54) is 6.20 Å². The number of halogens is 2. The van der Waals surface area contributed by atoms with Gasteiger partial charge in [0.2, 0.25) is 0 Å². The fraction of sp³-hybridized carbons (Fsp3) is 0. The normalized spacial score (nSPS) is 9.76. The van der Waals surface area contributed by atoms with Gasteiger partial charge in [0.25, 0.3) is 0 Å². The summed E-state index contributed by atoms with van der Waals surface area (Å²) in [6.45, 7) is 0. The SMILES string of the molecule is Fn1cc(I)c2cccnc21.c1ccncc1. The molecular weight excluding hydrogens is 332 g/mol. The molecule has 0 aliphatic heterocycles. The molecule has 3 heterocycles. The van der Waals surface area contributed by atoms with Crippen molar-refractivity contribution in [2.24, 2.45) is 0 Å². The molecule has 86 valence electrons. The molecule has 3 aromatic heterocycles. The molecule has 0 aliphatic rings. The molecule has 0 atom stereocenters. The Morgan fingerprint density at radius 1 is 1.06 bits per heavy atom. The first-order valence-corrected chi connectivity index (χ1v) is 5.99. The summed E-state index contributed by atoms with van der Waals surface area (Å²) >= 11 is 2.08. The van der Waals surface area contributed by atoms with E-state index in [2.05, 4.69) is 32.6 Å². The Morgan fingerprint density at radius 3 is 2.35 bits per heavy atom. The van der Waals surface area contributed by atoms with E-state index in [0.29, 0.717) is 10.4 Å². The predicted molar refractivity (Wildman–Crippen MR) is 73.2 cm³/mol. The van der Waals surface area contributed by atoms with Crippen molar-refractivity contribution in [2.45, 2.75) is 0 Å². The van der Waals surface area contributed by atoms with Crippen LogP contribution in [-0.4, -0.2) is 14.8 Å². The van der Waals surface area contributed by atoms with Crippen LogP contribution in [0.1, 0.15) is 0 Å². The van der Waals surface area contributed by atoms with E-state index in [1.54, 1.807) is 24.7 Å². The van der Waals surface area contributed by atoms with Crippen molar-refractivity contribution in [1.29, 1.82) is 0 Å². The van der Waals surface area contributed by atoms with Crippen molar-refractivity contribution >= 4 is 33.6 Å². The number of aromatic nitrogens is 3. The van der Waals surface area contributed by atoms with Crippen LogP contribution in [0.25, 0.3) is 11.0 Å². The molecule has 0 N–H and O–H groups in total. The minimum Gasteiger partial charge on any atom is -0.265 e. The van der Waals surface area contributed by atoms with Crippen LogP contribution in [0.15, 0.2) is 55.1 Å². The highest BCUT2D eigenvalue weighted by Gasteiger charge is 2.04. The monoisotopic (exact) mass is 341 g/mol. The van der Waals surface area contributed by atoms with E-state index in [9.17, 15) is 4.48 Å². The van der Waals surface area contributed by atoms with Gasteiger partial charge in [-0.15, -0.1) is 0 Å². The second-order valence-corrected chi connectivity index (χ2v) is 4.35. The van der Waals surface area contributed by atoms with Crippen LogP contribution < -0.4 is 0 Å². The smallest absolute Gasteiger partial charge is 0.170 e. The molecule has 0 fully saturated rings. The summed E-state index contributed by atoms with van der Waals surface area (Å²) in [4.78, 5) is 8.21. The van der Waals surface area contributed by atoms with E-state index in [0.717, 1.165) is 8.96 Å². The van der Waals surface area contributed by atoms with E-state index in [-0.39, 0.29) is 0 Å². The van der Waals surface area contributed by atoms with Crippen LogP contribution in [-0.2, 0) is 0 Å². The lowest BCUT2D eigenvalue weighted by Crippen LogP contribution is -1.80. The summed E-state index contributed by atoms with van der Waals surface area (Å²) in [6.07, 6.45) is 6.49. The average Bonchev–Trinajstić information content (AvgIpc) is 2.69. The van der Waals surface area contributed by atoms with Gasteiger partial charge in [-0.05, 0) is 46.9 Å². The largest absolute Gasteiger partial charge is 0.265 e. The Bertz CT molecular complexity index is 532. The molecule has 3 aromatic rings. The number of rotatable bonds is 0. The molecule has 0 unspecified atom stereocenters.